The lowest BCUT2D eigenvalue weighted by atomic mass is 10.6. The van der Waals surface area contributed by atoms with Gasteiger partial charge in [-0.2, -0.15) is 0 Å². The minimum atomic E-state index is 0.164. The van der Waals surface area contributed by atoms with Crippen molar-refractivity contribution in [2.75, 3.05) is 11.9 Å². The van der Waals surface area contributed by atoms with Crippen LogP contribution in [-0.2, 0) is 0 Å². The number of aromatic nitrogens is 3. The molecule has 0 fully saturated rings. The number of nitrogens with one attached hydrogen (secondary N) is 1. The van der Waals surface area contributed by atoms with E-state index >= 15 is 0 Å². The molecule has 1 aromatic heterocycles. The van der Waals surface area contributed by atoms with Crippen molar-refractivity contribution >= 4 is 29.0 Å². The van der Waals surface area contributed by atoms with Crippen LogP contribution in [0.5, 0.6) is 0 Å². The molecule has 0 saturated carbocycles. The van der Waals surface area contributed by atoms with E-state index in [0.717, 1.165) is 6.54 Å². The molecule has 0 radical (unpaired) electrons. The molecule has 0 aliphatic carbocycles. The van der Waals surface area contributed by atoms with Crippen molar-refractivity contribution < 1.29 is 0 Å². The van der Waals surface area contributed by atoms with Gasteiger partial charge in [-0.05, 0) is 12.1 Å². The molecule has 4 nitrogen and oxygen atoms in total. The van der Waals surface area contributed by atoms with Crippen molar-refractivity contribution in [3.8, 4) is 0 Å². The molecule has 0 aliphatic heterocycles. The maximum absolute atomic E-state index is 5.71. The predicted molar refractivity (Wildman–Crippen MR) is 44.0 cm³/mol. The number of rotatable bonds is 2. The quantitative estimate of drug-likeness (QED) is 0.774. The predicted octanol–water partition coefficient (Wildman–Crippen LogP) is 1.61. The Morgan fingerprint density at radius 1 is 1.36 bits per heavy atom. The van der Waals surface area contributed by atoms with Gasteiger partial charge in [-0.25, -0.2) is 0 Å². The summed E-state index contributed by atoms with van der Waals surface area (Å²) in [6.45, 7) is 2.64. The molecule has 1 N–H and O–H groups in total. The Labute approximate surface area is 73.9 Å². The second kappa shape index (κ2) is 3.69. The van der Waals surface area contributed by atoms with Gasteiger partial charge < -0.3 is 5.32 Å². The Kier molecular flexibility index (Phi) is 2.84. The fourth-order valence-corrected chi connectivity index (χ4v) is 0.838. The zero-order valence-corrected chi connectivity index (χ0v) is 7.32. The molecule has 1 rings (SSSR count). The van der Waals surface area contributed by atoms with Crippen LogP contribution in [0, 0.1) is 0 Å². The van der Waals surface area contributed by atoms with E-state index in [-0.39, 0.29) is 5.15 Å². The number of nitrogens with zero attached hydrogens (tertiary/aromatic N) is 3. The SMILES string of the molecule is CCNc1nnnc(Cl)c1Cl. The van der Waals surface area contributed by atoms with Crippen molar-refractivity contribution in [1.82, 2.24) is 15.4 Å². The van der Waals surface area contributed by atoms with E-state index < -0.39 is 0 Å². The smallest absolute Gasteiger partial charge is 0.175 e. The van der Waals surface area contributed by atoms with Gasteiger partial charge in [-0.15, -0.1) is 10.2 Å². The summed E-state index contributed by atoms with van der Waals surface area (Å²) in [6.07, 6.45) is 0. The maximum atomic E-state index is 5.71. The van der Waals surface area contributed by atoms with E-state index in [1.54, 1.807) is 0 Å². The summed E-state index contributed by atoms with van der Waals surface area (Å²) < 4.78 is 0. The molecule has 1 heterocycles. The molecular formula is C5H6Cl2N4. The summed E-state index contributed by atoms with van der Waals surface area (Å²) in [5, 5.41) is 13.8. The van der Waals surface area contributed by atoms with Crippen molar-refractivity contribution in [2.24, 2.45) is 0 Å². The molecule has 6 heteroatoms. The second-order valence-electron chi connectivity index (χ2n) is 1.77. The van der Waals surface area contributed by atoms with Crippen LogP contribution < -0.4 is 5.32 Å². The highest BCUT2D eigenvalue weighted by Gasteiger charge is 2.05. The van der Waals surface area contributed by atoms with Gasteiger partial charge in [0.15, 0.2) is 11.0 Å². The van der Waals surface area contributed by atoms with E-state index in [4.69, 9.17) is 23.2 Å². The van der Waals surface area contributed by atoms with Crippen LogP contribution in [0.15, 0.2) is 0 Å². The number of halogens is 2. The molecule has 1 aromatic rings. The second-order valence-corrected chi connectivity index (χ2v) is 2.51. The molecule has 0 aromatic carbocycles. The molecule has 0 unspecified atom stereocenters. The molecule has 0 amide bonds. The van der Waals surface area contributed by atoms with Gasteiger partial charge in [0.2, 0.25) is 0 Å². The zero-order chi connectivity index (χ0) is 8.27. The highest BCUT2D eigenvalue weighted by molar-refractivity contribution is 6.42. The van der Waals surface area contributed by atoms with Gasteiger partial charge in [0.25, 0.3) is 0 Å². The van der Waals surface area contributed by atoms with Crippen molar-refractivity contribution in [3.63, 3.8) is 0 Å². The van der Waals surface area contributed by atoms with E-state index in [1.165, 1.54) is 0 Å². The third kappa shape index (κ3) is 1.91. The van der Waals surface area contributed by atoms with Crippen LogP contribution in [-0.4, -0.2) is 22.0 Å². The molecule has 0 aliphatic rings. The Balaban J connectivity index is 2.96. The Morgan fingerprint density at radius 3 is 2.73 bits per heavy atom. The van der Waals surface area contributed by atoms with Crippen LogP contribution in [0.3, 0.4) is 0 Å². The number of hydrogen-bond donors (Lipinski definition) is 1. The largest absolute Gasteiger partial charge is 0.367 e. The summed E-state index contributed by atoms with van der Waals surface area (Å²) in [5.41, 5.74) is 0. The van der Waals surface area contributed by atoms with Crippen LogP contribution in [0.4, 0.5) is 5.82 Å². The van der Waals surface area contributed by atoms with E-state index in [9.17, 15) is 0 Å². The normalized spacial score (nSPS) is 9.73. The molecule has 0 atom stereocenters. The van der Waals surface area contributed by atoms with Crippen LogP contribution in [0.1, 0.15) is 6.92 Å². The van der Waals surface area contributed by atoms with E-state index in [1.807, 2.05) is 6.92 Å². The summed E-state index contributed by atoms with van der Waals surface area (Å²) in [7, 11) is 0. The first-order chi connectivity index (χ1) is 5.25. The Hall–Kier alpha value is -0.610. The molecule has 60 valence electrons. The third-order valence-corrected chi connectivity index (χ3v) is 1.73. The Morgan fingerprint density at radius 2 is 2.09 bits per heavy atom. The minimum absolute atomic E-state index is 0.164. The number of hydrogen-bond acceptors (Lipinski definition) is 4. The first kappa shape index (κ1) is 8.49. The third-order valence-electron chi connectivity index (χ3n) is 1.01. The average molecular weight is 193 g/mol. The van der Waals surface area contributed by atoms with Gasteiger partial charge in [-0.1, -0.05) is 23.2 Å². The summed E-state index contributed by atoms with van der Waals surface area (Å²) in [4.78, 5) is 0. The highest BCUT2D eigenvalue weighted by Crippen LogP contribution is 2.23. The fraction of sp³-hybridized carbons (Fsp3) is 0.400. The van der Waals surface area contributed by atoms with Gasteiger partial charge in [0, 0.05) is 6.54 Å². The van der Waals surface area contributed by atoms with Crippen molar-refractivity contribution in [3.05, 3.63) is 10.2 Å². The molecule has 11 heavy (non-hydrogen) atoms. The van der Waals surface area contributed by atoms with Gasteiger partial charge in [0.1, 0.15) is 5.02 Å². The lowest BCUT2D eigenvalue weighted by Gasteiger charge is -2.01. The highest BCUT2D eigenvalue weighted by atomic mass is 35.5. The molecular weight excluding hydrogens is 187 g/mol. The first-order valence-corrected chi connectivity index (χ1v) is 3.79. The minimum Gasteiger partial charge on any atom is -0.367 e. The van der Waals surface area contributed by atoms with Crippen molar-refractivity contribution in [1.29, 1.82) is 0 Å². The van der Waals surface area contributed by atoms with Gasteiger partial charge in [-0.3, -0.25) is 0 Å². The van der Waals surface area contributed by atoms with Gasteiger partial charge >= 0.3 is 0 Å². The monoisotopic (exact) mass is 192 g/mol. The van der Waals surface area contributed by atoms with Gasteiger partial charge in [0.05, 0.1) is 0 Å². The topological polar surface area (TPSA) is 50.7 Å². The standard InChI is InChI=1S/C5H6Cl2N4/c1-2-8-5-3(6)4(7)9-11-10-5/h2H2,1H3,(H,8,9,10). The summed E-state index contributed by atoms with van der Waals surface area (Å²) in [5.74, 6) is 0.467. The van der Waals surface area contributed by atoms with E-state index in [2.05, 4.69) is 20.7 Å². The van der Waals surface area contributed by atoms with E-state index in [0.29, 0.717) is 10.8 Å². The molecule has 0 saturated heterocycles. The molecule has 0 spiro atoms. The lowest BCUT2D eigenvalue weighted by Crippen LogP contribution is -2.02. The van der Waals surface area contributed by atoms with Crippen LogP contribution >= 0.6 is 23.2 Å². The lowest BCUT2D eigenvalue weighted by molar-refractivity contribution is 0.865. The van der Waals surface area contributed by atoms with Crippen molar-refractivity contribution in [2.45, 2.75) is 6.92 Å². The Bertz CT molecular complexity index is 252. The molecule has 0 bridgehead atoms. The summed E-state index contributed by atoms with van der Waals surface area (Å²) in [6, 6.07) is 0. The van der Waals surface area contributed by atoms with Crippen LogP contribution in [0.2, 0.25) is 10.2 Å². The first-order valence-electron chi connectivity index (χ1n) is 3.04. The van der Waals surface area contributed by atoms with Crippen LogP contribution in [0.25, 0.3) is 0 Å². The summed E-state index contributed by atoms with van der Waals surface area (Å²) >= 11 is 11.3. The zero-order valence-electron chi connectivity index (χ0n) is 5.80. The number of anilines is 1. The fourth-order valence-electron chi connectivity index (χ4n) is 0.572. The average Bonchev–Trinajstić information content (AvgIpc) is 1.99. The maximum Gasteiger partial charge on any atom is 0.175 e.